The van der Waals surface area contributed by atoms with E-state index in [9.17, 15) is 0 Å². The second-order valence-corrected chi connectivity index (χ2v) is 9.21. The Morgan fingerprint density at radius 2 is 1.47 bits per heavy atom. The van der Waals surface area contributed by atoms with Crippen LogP contribution in [0.15, 0.2) is 77.9 Å². The molecule has 7 rings (SSSR count). The van der Waals surface area contributed by atoms with Crippen LogP contribution in [0.4, 0.5) is 0 Å². The number of nitrogens with zero attached hydrogens (tertiary/aromatic N) is 1. The van der Waals surface area contributed by atoms with Crippen LogP contribution in [-0.2, 0) is 7.05 Å². The maximum atomic E-state index is 6.36. The number of para-hydroxylation sites is 1. The average Bonchev–Trinajstić information content (AvgIpc) is 3.07. The summed E-state index contributed by atoms with van der Waals surface area (Å²) in [5, 5.41) is 2.46. The highest BCUT2D eigenvalue weighted by Gasteiger charge is 2.21. The molecule has 0 radical (unpaired) electrons. The minimum absolute atomic E-state index is 0.709. The Kier molecular flexibility index (Phi) is 4.31. The van der Waals surface area contributed by atoms with Gasteiger partial charge in [-0.1, -0.05) is 48.1 Å². The van der Waals surface area contributed by atoms with Crippen LogP contribution in [0.3, 0.4) is 0 Å². The zero-order valence-corrected chi connectivity index (χ0v) is 19.2. The van der Waals surface area contributed by atoms with E-state index in [0.717, 1.165) is 53.2 Å². The van der Waals surface area contributed by atoms with Gasteiger partial charge in [0.15, 0.2) is 0 Å². The monoisotopic (exact) mass is 443 g/mol. The molecule has 0 saturated heterocycles. The van der Waals surface area contributed by atoms with Crippen LogP contribution in [0, 0.1) is 0 Å². The van der Waals surface area contributed by atoms with Gasteiger partial charge in [-0.05, 0) is 60.9 Å². The van der Waals surface area contributed by atoms with Crippen molar-refractivity contribution in [3.05, 3.63) is 94.6 Å². The molecule has 166 valence electrons. The molecule has 34 heavy (non-hydrogen) atoms. The van der Waals surface area contributed by atoms with Crippen molar-refractivity contribution < 1.29 is 9.47 Å². The SMILES string of the molecule is Cn1c2c3c(ccc2c2ccc4c(c21)/C=C\C1=C(CCC=C1)CCO4)Oc1ccccc1C=C3. The number of allylic oxidation sites excluding steroid dienone is 4. The molecule has 1 aliphatic carbocycles. The third-order valence-electron chi connectivity index (χ3n) is 7.29. The lowest BCUT2D eigenvalue weighted by Crippen LogP contribution is -2.02. The lowest BCUT2D eigenvalue weighted by atomic mass is 9.94. The summed E-state index contributed by atoms with van der Waals surface area (Å²) in [6.45, 7) is 0.709. The Hall–Kier alpha value is -3.98. The predicted molar refractivity (Wildman–Crippen MR) is 140 cm³/mol. The van der Waals surface area contributed by atoms with Crippen molar-refractivity contribution in [2.45, 2.75) is 19.3 Å². The van der Waals surface area contributed by atoms with Gasteiger partial charge in [-0.2, -0.15) is 0 Å². The third kappa shape index (κ3) is 2.90. The van der Waals surface area contributed by atoms with Crippen LogP contribution < -0.4 is 9.47 Å². The summed E-state index contributed by atoms with van der Waals surface area (Å²) in [7, 11) is 2.16. The molecular formula is C31H25NO2. The predicted octanol–water partition coefficient (Wildman–Crippen LogP) is 8.05. The largest absolute Gasteiger partial charge is 0.493 e. The van der Waals surface area contributed by atoms with Gasteiger partial charge < -0.3 is 14.0 Å². The smallest absolute Gasteiger partial charge is 0.136 e. The van der Waals surface area contributed by atoms with E-state index in [1.807, 2.05) is 18.2 Å². The molecule has 0 atom stereocenters. The summed E-state index contributed by atoms with van der Waals surface area (Å²) in [6, 6.07) is 16.8. The first-order chi connectivity index (χ1) is 16.8. The number of aromatic nitrogens is 1. The molecule has 2 aliphatic heterocycles. The number of aryl methyl sites for hydroxylation is 1. The molecule has 3 aromatic carbocycles. The molecule has 0 bridgehead atoms. The Labute approximate surface area is 198 Å². The topological polar surface area (TPSA) is 23.4 Å². The lowest BCUT2D eigenvalue weighted by molar-refractivity contribution is 0.320. The maximum absolute atomic E-state index is 6.36. The highest BCUT2D eigenvalue weighted by molar-refractivity contribution is 6.14. The van der Waals surface area contributed by atoms with E-state index in [-0.39, 0.29) is 0 Å². The van der Waals surface area contributed by atoms with Gasteiger partial charge in [0.05, 0.1) is 17.6 Å². The molecule has 3 nitrogen and oxygen atoms in total. The van der Waals surface area contributed by atoms with Crippen LogP contribution in [0.2, 0.25) is 0 Å². The second kappa shape index (κ2) is 7.53. The standard InChI is InChI=1S/C31H25NO2/c1-32-30-23(14-16-28-25(30)12-10-20-6-2-3-7-21(20)18-19-33-28)24-15-17-29-26(31(24)32)13-11-22-8-4-5-9-27(22)34-29/h2,4-6,8-17H,3,7,18-19H2,1H3/b12-10-. The van der Waals surface area contributed by atoms with E-state index >= 15 is 0 Å². The summed E-state index contributed by atoms with van der Waals surface area (Å²) < 4.78 is 15.0. The van der Waals surface area contributed by atoms with Crippen molar-refractivity contribution >= 4 is 40.0 Å². The molecular weight excluding hydrogens is 418 g/mol. The van der Waals surface area contributed by atoms with Crippen LogP contribution in [0.1, 0.15) is 36.0 Å². The first kappa shape index (κ1) is 19.5. The fourth-order valence-electron chi connectivity index (χ4n) is 5.62. The first-order valence-electron chi connectivity index (χ1n) is 12.0. The van der Waals surface area contributed by atoms with E-state index in [4.69, 9.17) is 9.47 Å². The van der Waals surface area contributed by atoms with Crippen molar-refractivity contribution in [3.63, 3.8) is 0 Å². The molecule has 1 aromatic heterocycles. The molecule has 0 amide bonds. The van der Waals surface area contributed by atoms with Gasteiger partial charge in [0.25, 0.3) is 0 Å². The van der Waals surface area contributed by atoms with E-state index in [2.05, 4.69) is 78.4 Å². The van der Waals surface area contributed by atoms with Crippen molar-refractivity contribution in [2.24, 2.45) is 7.05 Å². The summed E-state index contributed by atoms with van der Waals surface area (Å²) in [4.78, 5) is 0. The Morgan fingerprint density at radius 3 is 2.35 bits per heavy atom. The molecule has 0 unspecified atom stereocenters. The van der Waals surface area contributed by atoms with Crippen LogP contribution in [0.5, 0.6) is 17.2 Å². The van der Waals surface area contributed by atoms with E-state index in [1.54, 1.807) is 0 Å². The van der Waals surface area contributed by atoms with Crippen molar-refractivity contribution in [3.8, 4) is 17.2 Å². The Balaban J connectivity index is 1.48. The van der Waals surface area contributed by atoms with Crippen molar-refractivity contribution in [1.82, 2.24) is 4.57 Å². The van der Waals surface area contributed by atoms with Crippen LogP contribution in [0.25, 0.3) is 40.0 Å². The fraction of sp³-hybridized carbons (Fsp3) is 0.161. The molecule has 3 aliphatic rings. The minimum Gasteiger partial charge on any atom is -0.493 e. The zero-order valence-electron chi connectivity index (χ0n) is 19.2. The highest BCUT2D eigenvalue weighted by Crippen LogP contribution is 2.43. The zero-order chi connectivity index (χ0) is 22.6. The van der Waals surface area contributed by atoms with Crippen LogP contribution in [-0.4, -0.2) is 11.2 Å². The van der Waals surface area contributed by atoms with Crippen molar-refractivity contribution in [2.75, 3.05) is 6.61 Å². The molecule has 0 spiro atoms. The highest BCUT2D eigenvalue weighted by atomic mass is 16.5. The van der Waals surface area contributed by atoms with Gasteiger partial charge in [0.1, 0.15) is 17.2 Å². The number of rotatable bonds is 0. The number of ether oxygens (including phenoxy) is 2. The first-order valence-corrected chi connectivity index (χ1v) is 12.0. The molecule has 4 aromatic rings. The quantitative estimate of drug-likeness (QED) is 0.242. The Bertz CT molecular complexity index is 1610. The van der Waals surface area contributed by atoms with Gasteiger partial charge in [-0.15, -0.1) is 0 Å². The van der Waals surface area contributed by atoms with E-state index in [1.165, 1.54) is 33.0 Å². The van der Waals surface area contributed by atoms with Gasteiger partial charge >= 0.3 is 0 Å². The summed E-state index contributed by atoms with van der Waals surface area (Å²) in [6.07, 6.45) is 16.6. The van der Waals surface area contributed by atoms with Gasteiger partial charge in [-0.25, -0.2) is 0 Å². The van der Waals surface area contributed by atoms with Gasteiger partial charge in [0, 0.05) is 40.9 Å². The molecule has 3 heterocycles. The van der Waals surface area contributed by atoms with Gasteiger partial charge in [-0.3, -0.25) is 0 Å². The summed E-state index contributed by atoms with van der Waals surface area (Å²) in [5.74, 6) is 2.72. The molecule has 0 saturated carbocycles. The number of hydrogen-bond acceptors (Lipinski definition) is 2. The summed E-state index contributed by atoms with van der Waals surface area (Å²) in [5.41, 5.74) is 8.53. The maximum Gasteiger partial charge on any atom is 0.136 e. The number of benzene rings is 3. The van der Waals surface area contributed by atoms with E-state index < -0.39 is 0 Å². The average molecular weight is 444 g/mol. The normalized spacial score (nSPS) is 17.4. The number of fused-ring (bicyclic) bond motifs is 8. The summed E-state index contributed by atoms with van der Waals surface area (Å²) >= 11 is 0. The fourth-order valence-corrected chi connectivity index (χ4v) is 5.62. The number of hydrogen-bond donors (Lipinski definition) is 0. The van der Waals surface area contributed by atoms with E-state index in [0.29, 0.717) is 6.61 Å². The molecule has 3 heteroatoms. The van der Waals surface area contributed by atoms with Crippen molar-refractivity contribution in [1.29, 1.82) is 0 Å². The third-order valence-corrected chi connectivity index (χ3v) is 7.29. The Morgan fingerprint density at radius 1 is 0.706 bits per heavy atom. The molecule has 0 fully saturated rings. The van der Waals surface area contributed by atoms with Crippen LogP contribution >= 0.6 is 0 Å². The minimum atomic E-state index is 0.709. The van der Waals surface area contributed by atoms with Gasteiger partial charge in [0.2, 0.25) is 0 Å². The lowest BCUT2D eigenvalue weighted by Gasteiger charge is -2.13. The molecule has 0 N–H and O–H groups in total. The second-order valence-electron chi connectivity index (χ2n) is 9.21.